The minimum absolute atomic E-state index is 0.201. The fraction of sp³-hybridized carbons (Fsp3) is 0.833. The van der Waals surface area contributed by atoms with E-state index in [-0.39, 0.29) is 12.6 Å². The molecule has 0 rings (SSSR count). The average Bonchev–Trinajstić information content (AvgIpc) is 2.32. The SMILES string of the molecule is CSCCCCCNC(=O)N(C)CC(C)C(=O)O. The van der Waals surface area contributed by atoms with E-state index in [2.05, 4.69) is 11.6 Å². The Kier molecular flexibility index (Phi) is 9.55. The van der Waals surface area contributed by atoms with Crippen LogP contribution in [0.25, 0.3) is 0 Å². The van der Waals surface area contributed by atoms with Gasteiger partial charge in [0.15, 0.2) is 0 Å². The summed E-state index contributed by atoms with van der Waals surface area (Å²) in [4.78, 5) is 23.7. The van der Waals surface area contributed by atoms with Crippen LogP contribution in [0.1, 0.15) is 26.2 Å². The van der Waals surface area contributed by atoms with Gasteiger partial charge in [-0.1, -0.05) is 13.3 Å². The van der Waals surface area contributed by atoms with Gasteiger partial charge in [0.2, 0.25) is 0 Å². The Morgan fingerprint density at radius 2 is 2.00 bits per heavy atom. The first kappa shape index (κ1) is 17.1. The van der Waals surface area contributed by atoms with E-state index in [1.54, 1.807) is 14.0 Å². The molecule has 0 aromatic carbocycles. The van der Waals surface area contributed by atoms with Crippen molar-refractivity contribution in [2.75, 3.05) is 32.1 Å². The highest BCUT2D eigenvalue weighted by atomic mass is 32.2. The van der Waals surface area contributed by atoms with Gasteiger partial charge in [0.1, 0.15) is 0 Å². The van der Waals surface area contributed by atoms with E-state index in [9.17, 15) is 9.59 Å². The standard InChI is InChI=1S/C12H24N2O3S/c1-10(11(15)16)9-14(2)12(17)13-7-5-4-6-8-18-3/h10H,4-9H2,1-3H3,(H,13,17)(H,15,16). The Hall–Kier alpha value is -0.910. The van der Waals surface area contributed by atoms with Crippen LogP contribution in [0.3, 0.4) is 0 Å². The molecule has 1 atom stereocenters. The number of rotatable bonds is 9. The van der Waals surface area contributed by atoms with Crippen LogP contribution < -0.4 is 5.32 Å². The zero-order valence-corrected chi connectivity index (χ0v) is 12.3. The van der Waals surface area contributed by atoms with Gasteiger partial charge in [-0.25, -0.2) is 4.79 Å². The van der Waals surface area contributed by atoms with E-state index >= 15 is 0 Å². The molecule has 0 saturated heterocycles. The zero-order valence-electron chi connectivity index (χ0n) is 11.4. The van der Waals surface area contributed by atoms with Gasteiger partial charge in [0.05, 0.1) is 5.92 Å². The van der Waals surface area contributed by atoms with E-state index in [1.165, 1.54) is 11.3 Å². The van der Waals surface area contributed by atoms with Gasteiger partial charge in [0, 0.05) is 20.1 Å². The molecule has 0 radical (unpaired) electrons. The number of thioether (sulfide) groups is 1. The number of unbranched alkanes of at least 4 members (excludes halogenated alkanes) is 2. The van der Waals surface area contributed by atoms with E-state index in [0.29, 0.717) is 6.54 Å². The molecule has 0 aliphatic heterocycles. The summed E-state index contributed by atoms with van der Waals surface area (Å²) >= 11 is 1.83. The second-order valence-electron chi connectivity index (χ2n) is 4.41. The summed E-state index contributed by atoms with van der Waals surface area (Å²) in [5.74, 6) is -0.265. The fourth-order valence-electron chi connectivity index (χ4n) is 1.45. The van der Waals surface area contributed by atoms with Crippen molar-refractivity contribution in [1.82, 2.24) is 10.2 Å². The number of hydrogen-bond donors (Lipinski definition) is 2. The molecule has 0 aromatic rings. The molecular formula is C12H24N2O3S. The van der Waals surface area contributed by atoms with Gasteiger partial charge < -0.3 is 15.3 Å². The van der Waals surface area contributed by atoms with Crippen LogP contribution in [0.15, 0.2) is 0 Å². The molecule has 0 saturated carbocycles. The van der Waals surface area contributed by atoms with Crippen LogP contribution in [0.2, 0.25) is 0 Å². The Morgan fingerprint density at radius 1 is 1.33 bits per heavy atom. The first-order valence-electron chi connectivity index (χ1n) is 6.19. The number of urea groups is 1. The molecule has 0 spiro atoms. The molecular weight excluding hydrogens is 252 g/mol. The molecule has 2 amide bonds. The van der Waals surface area contributed by atoms with Crippen molar-refractivity contribution in [2.45, 2.75) is 26.2 Å². The summed E-state index contributed by atoms with van der Waals surface area (Å²) in [5.41, 5.74) is 0. The lowest BCUT2D eigenvalue weighted by Crippen LogP contribution is -2.41. The summed E-state index contributed by atoms with van der Waals surface area (Å²) in [6, 6.07) is -0.201. The number of carboxylic acids is 1. The zero-order chi connectivity index (χ0) is 14.0. The second kappa shape index (κ2) is 10.1. The third-order valence-electron chi connectivity index (χ3n) is 2.62. The molecule has 1 unspecified atom stereocenters. The number of carbonyl (C=O) groups is 2. The topological polar surface area (TPSA) is 69.6 Å². The van der Waals surface area contributed by atoms with E-state index in [1.807, 2.05) is 11.8 Å². The maximum atomic E-state index is 11.6. The fourth-order valence-corrected chi connectivity index (χ4v) is 1.94. The number of hydrogen-bond acceptors (Lipinski definition) is 3. The van der Waals surface area contributed by atoms with Gasteiger partial charge >= 0.3 is 12.0 Å². The Morgan fingerprint density at radius 3 is 2.56 bits per heavy atom. The van der Waals surface area contributed by atoms with Crippen molar-refractivity contribution in [1.29, 1.82) is 0 Å². The molecule has 0 fully saturated rings. The lowest BCUT2D eigenvalue weighted by atomic mass is 10.2. The first-order chi connectivity index (χ1) is 8.49. The van der Waals surface area contributed by atoms with Crippen molar-refractivity contribution >= 4 is 23.8 Å². The van der Waals surface area contributed by atoms with Crippen molar-refractivity contribution in [3.8, 4) is 0 Å². The largest absolute Gasteiger partial charge is 0.481 e. The monoisotopic (exact) mass is 276 g/mol. The van der Waals surface area contributed by atoms with Gasteiger partial charge in [-0.15, -0.1) is 0 Å². The van der Waals surface area contributed by atoms with Crippen LogP contribution >= 0.6 is 11.8 Å². The Bertz CT molecular complexity index is 262. The smallest absolute Gasteiger partial charge is 0.317 e. The second-order valence-corrected chi connectivity index (χ2v) is 5.39. The summed E-state index contributed by atoms with van der Waals surface area (Å²) in [5, 5.41) is 11.5. The predicted molar refractivity (Wildman–Crippen MR) is 75.1 cm³/mol. The molecule has 0 aliphatic rings. The lowest BCUT2D eigenvalue weighted by molar-refractivity contribution is -0.141. The Labute approximate surface area is 113 Å². The third-order valence-corrected chi connectivity index (χ3v) is 3.31. The van der Waals surface area contributed by atoms with Crippen LogP contribution in [-0.2, 0) is 4.79 Å². The first-order valence-corrected chi connectivity index (χ1v) is 7.59. The summed E-state index contributed by atoms with van der Waals surface area (Å²) < 4.78 is 0. The molecule has 106 valence electrons. The molecule has 0 aromatic heterocycles. The number of aliphatic carboxylic acids is 1. The van der Waals surface area contributed by atoms with Crippen LogP contribution in [0.5, 0.6) is 0 Å². The van der Waals surface area contributed by atoms with Crippen LogP contribution in [0.4, 0.5) is 4.79 Å². The minimum Gasteiger partial charge on any atom is -0.481 e. The number of carbonyl (C=O) groups excluding carboxylic acids is 1. The molecule has 5 nitrogen and oxygen atoms in total. The van der Waals surface area contributed by atoms with Crippen LogP contribution in [-0.4, -0.2) is 54.2 Å². The number of nitrogens with one attached hydrogen (secondary N) is 1. The Balaban J connectivity index is 3.65. The minimum atomic E-state index is -0.883. The third kappa shape index (κ3) is 8.22. The number of amides is 2. The van der Waals surface area contributed by atoms with E-state index < -0.39 is 11.9 Å². The van der Waals surface area contributed by atoms with Crippen molar-refractivity contribution in [3.63, 3.8) is 0 Å². The molecule has 0 aliphatic carbocycles. The normalized spacial score (nSPS) is 11.9. The molecule has 0 heterocycles. The number of nitrogens with zero attached hydrogens (tertiary/aromatic N) is 1. The predicted octanol–water partition coefficient (Wildman–Crippen LogP) is 1.88. The molecule has 0 bridgehead atoms. The molecule has 2 N–H and O–H groups in total. The summed E-state index contributed by atoms with van der Waals surface area (Å²) in [7, 11) is 1.61. The lowest BCUT2D eigenvalue weighted by Gasteiger charge is -2.19. The van der Waals surface area contributed by atoms with Gasteiger partial charge in [-0.3, -0.25) is 4.79 Å². The van der Waals surface area contributed by atoms with Crippen molar-refractivity contribution in [2.24, 2.45) is 5.92 Å². The number of carboxylic acid groups (broad SMARTS) is 1. The van der Waals surface area contributed by atoms with Crippen molar-refractivity contribution in [3.05, 3.63) is 0 Å². The van der Waals surface area contributed by atoms with E-state index in [0.717, 1.165) is 18.6 Å². The average molecular weight is 276 g/mol. The van der Waals surface area contributed by atoms with Crippen molar-refractivity contribution < 1.29 is 14.7 Å². The van der Waals surface area contributed by atoms with Gasteiger partial charge in [0.25, 0.3) is 0 Å². The van der Waals surface area contributed by atoms with Crippen LogP contribution in [0, 0.1) is 5.92 Å². The highest BCUT2D eigenvalue weighted by molar-refractivity contribution is 7.98. The summed E-state index contributed by atoms with van der Waals surface area (Å²) in [6.45, 7) is 2.47. The van der Waals surface area contributed by atoms with Gasteiger partial charge in [-0.2, -0.15) is 11.8 Å². The highest BCUT2D eigenvalue weighted by Gasteiger charge is 2.16. The van der Waals surface area contributed by atoms with E-state index in [4.69, 9.17) is 5.11 Å². The maximum Gasteiger partial charge on any atom is 0.317 e. The maximum absolute atomic E-state index is 11.6. The molecule has 6 heteroatoms. The summed E-state index contributed by atoms with van der Waals surface area (Å²) in [6.07, 6.45) is 5.33. The quantitative estimate of drug-likeness (QED) is 0.631. The highest BCUT2D eigenvalue weighted by Crippen LogP contribution is 2.02. The van der Waals surface area contributed by atoms with Gasteiger partial charge in [-0.05, 0) is 24.9 Å². The molecule has 18 heavy (non-hydrogen) atoms.